The minimum absolute atomic E-state index is 0.563. The van der Waals surface area contributed by atoms with E-state index in [0.717, 1.165) is 17.0 Å². The van der Waals surface area contributed by atoms with Crippen LogP contribution in [0.2, 0.25) is 5.02 Å². The summed E-state index contributed by atoms with van der Waals surface area (Å²) in [5.74, 6) is 0. The molecule has 0 saturated carbocycles. The quantitative estimate of drug-likeness (QED) is 0.789. The Morgan fingerprint density at radius 1 is 1.38 bits per heavy atom. The number of nitrogens with two attached hydrogens (primary N) is 1. The Bertz CT molecular complexity index is 305. The first-order chi connectivity index (χ1) is 6.26. The van der Waals surface area contributed by atoms with E-state index in [-0.39, 0.29) is 0 Å². The van der Waals surface area contributed by atoms with E-state index in [4.69, 9.17) is 17.3 Å². The maximum Gasteiger partial charge on any atom is 0.0414 e. The molecule has 0 bridgehead atoms. The molecule has 0 aliphatic carbocycles. The largest absolute Gasteiger partial charge is 0.327 e. The highest BCUT2D eigenvalue weighted by Gasteiger charge is 1.94. The van der Waals surface area contributed by atoms with E-state index >= 15 is 0 Å². The van der Waals surface area contributed by atoms with E-state index in [9.17, 15) is 0 Å². The van der Waals surface area contributed by atoms with Crippen LogP contribution in [0.3, 0.4) is 0 Å². The zero-order chi connectivity index (χ0) is 9.68. The first-order valence-electron chi connectivity index (χ1n) is 4.42. The third kappa shape index (κ3) is 3.21. The molecule has 0 atom stereocenters. The molecule has 0 saturated heterocycles. The lowest BCUT2D eigenvalue weighted by Gasteiger charge is -2.00. The van der Waals surface area contributed by atoms with Crippen LogP contribution in [0.5, 0.6) is 0 Å². The Balaban J connectivity index is 2.94. The summed E-state index contributed by atoms with van der Waals surface area (Å²) < 4.78 is 0. The van der Waals surface area contributed by atoms with Crippen molar-refractivity contribution in [2.75, 3.05) is 6.54 Å². The molecule has 2 N–H and O–H groups in total. The lowest BCUT2D eigenvalue weighted by molar-refractivity contribution is 1.14. The maximum absolute atomic E-state index is 5.94. The summed E-state index contributed by atoms with van der Waals surface area (Å²) in [5.41, 5.74) is 7.74. The standard InChI is InChI=1S/C11H14ClN/c1-2-9-6-10(4-3-5-13)8-11(12)7-9/h3-4,6-8H,2,5,13H2,1H3/b4-3+. The monoisotopic (exact) mass is 195 g/mol. The van der Waals surface area contributed by atoms with Crippen molar-refractivity contribution in [3.63, 3.8) is 0 Å². The van der Waals surface area contributed by atoms with E-state index in [1.807, 2.05) is 24.3 Å². The number of hydrogen-bond acceptors (Lipinski definition) is 1. The molecule has 0 unspecified atom stereocenters. The third-order valence-corrected chi connectivity index (χ3v) is 2.05. The molecule has 0 aromatic heterocycles. The lowest BCUT2D eigenvalue weighted by Crippen LogP contribution is -1.92. The predicted octanol–water partition coefficient (Wildman–Crippen LogP) is 2.87. The van der Waals surface area contributed by atoms with Gasteiger partial charge in [0.25, 0.3) is 0 Å². The molecule has 0 amide bonds. The molecule has 0 heterocycles. The summed E-state index contributed by atoms with van der Waals surface area (Å²) in [5, 5.41) is 0.788. The lowest BCUT2D eigenvalue weighted by atomic mass is 10.1. The number of benzene rings is 1. The van der Waals surface area contributed by atoms with Gasteiger partial charge >= 0.3 is 0 Å². The number of rotatable bonds is 3. The average molecular weight is 196 g/mol. The van der Waals surface area contributed by atoms with Crippen LogP contribution in [0.1, 0.15) is 18.1 Å². The van der Waals surface area contributed by atoms with Gasteiger partial charge in [0.1, 0.15) is 0 Å². The molecule has 2 heteroatoms. The highest BCUT2D eigenvalue weighted by atomic mass is 35.5. The van der Waals surface area contributed by atoms with E-state index in [1.165, 1.54) is 5.56 Å². The van der Waals surface area contributed by atoms with Gasteiger partial charge in [0.15, 0.2) is 0 Å². The first-order valence-corrected chi connectivity index (χ1v) is 4.80. The molecule has 0 aliphatic rings. The molecule has 0 radical (unpaired) electrons. The fraction of sp³-hybridized carbons (Fsp3) is 0.273. The molecule has 13 heavy (non-hydrogen) atoms. The van der Waals surface area contributed by atoms with Gasteiger partial charge in [-0.1, -0.05) is 36.7 Å². The molecule has 1 aromatic rings. The van der Waals surface area contributed by atoms with Crippen LogP contribution in [-0.2, 0) is 6.42 Å². The summed E-state index contributed by atoms with van der Waals surface area (Å²) in [6.45, 7) is 2.68. The fourth-order valence-electron chi connectivity index (χ4n) is 1.18. The zero-order valence-corrected chi connectivity index (χ0v) is 8.51. The van der Waals surface area contributed by atoms with Crippen molar-refractivity contribution in [2.24, 2.45) is 5.73 Å². The van der Waals surface area contributed by atoms with Crippen LogP contribution < -0.4 is 5.73 Å². The van der Waals surface area contributed by atoms with Crippen molar-refractivity contribution in [3.05, 3.63) is 40.4 Å². The molecule has 0 spiro atoms. The van der Waals surface area contributed by atoms with Crippen molar-refractivity contribution in [1.29, 1.82) is 0 Å². The molecule has 0 aliphatic heterocycles. The Kier molecular flexibility index (Phi) is 4.00. The van der Waals surface area contributed by atoms with Crippen LogP contribution in [0, 0.1) is 0 Å². The van der Waals surface area contributed by atoms with Gasteiger partial charge < -0.3 is 5.73 Å². The second-order valence-corrected chi connectivity index (χ2v) is 3.32. The van der Waals surface area contributed by atoms with Gasteiger partial charge in [-0.3, -0.25) is 0 Å². The highest BCUT2D eigenvalue weighted by molar-refractivity contribution is 6.30. The Morgan fingerprint density at radius 3 is 2.77 bits per heavy atom. The van der Waals surface area contributed by atoms with Gasteiger partial charge in [-0.05, 0) is 29.7 Å². The molecular weight excluding hydrogens is 182 g/mol. The number of hydrogen-bond donors (Lipinski definition) is 1. The predicted molar refractivity (Wildman–Crippen MR) is 58.9 cm³/mol. The van der Waals surface area contributed by atoms with Gasteiger partial charge in [-0.2, -0.15) is 0 Å². The van der Waals surface area contributed by atoms with E-state index in [2.05, 4.69) is 13.0 Å². The van der Waals surface area contributed by atoms with Gasteiger partial charge in [0.05, 0.1) is 0 Å². The summed E-state index contributed by atoms with van der Waals surface area (Å²) in [6, 6.07) is 6.05. The molecular formula is C11H14ClN. The minimum Gasteiger partial charge on any atom is -0.327 e. The highest BCUT2D eigenvalue weighted by Crippen LogP contribution is 2.16. The summed E-state index contributed by atoms with van der Waals surface area (Å²) in [7, 11) is 0. The van der Waals surface area contributed by atoms with E-state index in [1.54, 1.807) is 0 Å². The SMILES string of the molecule is CCc1cc(Cl)cc(/C=C/CN)c1. The molecule has 1 aromatic carbocycles. The number of halogens is 1. The van der Waals surface area contributed by atoms with E-state index < -0.39 is 0 Å². The van der Waals surface area contributed by atoms with Crippen LogP contribution in [0.25, 0.3) is 6.08 Å². The second-order valence-electron chi connectivity index (χ2n) is 2.88. The zero-order valence-electron chi connectivity index (χ0n) is 7.76. The van der Waals surface area contributed by atoms with Crippen LogP contribution in [-0.4, -0.2) is 6.54 Å². The second kappa shape index (κ2) is 5.05. The van der Waals surface area contributed by atoms with Crippen molar-refractivity contribution < 1.29 is 0 Å². The van der Waals surface area contributed by atoms with Crippen LogP contribution in [0.15, 0.2) is 24.3 Å². The van der Waals surface area contributed by atoms with Crippen molar-refractivity contribution in [2.45, 2.75) is 13.3 Å². The van der Waals surface area contributed by atoms with Crippen LogP contribution >= 0.6 is 11.6 Å². The molecule has 0 fully saturated rings. The van der Waals surface area contributed by atoms with Gasteiger partial charge in [0.2, 0.25) is 0 Å². The number of aryl methyl sites for hydroxylation is 1. The Labute approximate surface area is 84.2 Å². The van der Waals surface area contributed by atoms with Crippen molar-refractivity contribution in [1.82, 2.24) is 0 Å². The normalized spacial score (nSPS) is 11.0. The smallest absolute Gasteiger partial charge is 0.0414 e. The van der Waals surface area contributed by atoms with Crippen LogP contribution in [0.4, 0.5) is 0 Å². The van der Waals surface area contributed by atoms with Crippen molar-refractivity contribution in [3.8, 4) is 0 Å². The van der Waals surface area contributed by atoms with Gasteiger partial charge in [0, 0.05) is 11.6 Å². The van der Waals surface area contributed by atoms with Gasteiger partial charge in [-0.15, -0.1) is 0 Å². The average Bonchev–Trinajstić information content (AvgIpc) is 2.14. The Morgan fingerprint density at radius 2 is 2.15 bits per heavy atom. The fourth-order valence-corrected chi connectivity index (χ4v) is 1.45. The first kappa shape index (κ1) is 10.3. The summed E-state index contributed by atoms with van der Waals surface area (Å²) in [6.07, 6.45) is 4.92. The molecule has 1 nitrogen and oxygen atoms in total. The third-order valence-electron chi connectivity index (χ3n) is 1.83. The summed E-state index contributed by atoms with van der Waals surface area (Å²) in [4.78, 5) is 0. The van der Waals surface area contributed by atoms with Crippen molar-refractivity contribution >= 4 is 17.7 Å². The minimum atomic E-state index is 0.563. The molecule has 70 valence electrons. The van der Waals surface area contributed by atoms with Gasteiger partial charge in [-0.25, -0.2) is 0 Å². The van der Waals surface area contributed by atoms with E-state index in [0.29, 0.717) is 6.54 Å². The molecule has 1 rings (SSSR count). The Hall–Kier alpha value is -0.790. The topological polar surface area (TPSA) is 26.0 Å². The summed E-state index contributed by atoms with van der Waals surface area (Å²) >= 11 is 5.94. The maximum atomic E-state index is 5.94.